The Morgan fingerprint density at radius 2 is 1.97 bits per heavy atom. The lowest BCUT2D eigenvalue weighted by Crippen LogP contribution is -2.29. The van der Waals surface area contributed by atoms with Gasteiger partial charge in [-0.05, 0) is 43.2 Å². The summed E-state index contributed by atoms with van der Waals surface area (Å²) in [5, 5.41) is 17.6. The van der Waals surface area contributed by atoms with Crippen LogP contribution in [0.4, 0.5) is 19.0 Å². The van der Waals surface area contributed by atoms with Crippen molar-refractivity contribution in [3.05, 3.63) is 53.6 Å². The summed E-state index contributed by atoms with van der Waals surface area (Å²) in [5.74, 6) is 0.389. The number of carbonyl (C=O) groups is 2. The Bertz CT molecular complexity index is 1160. The number of anilines is 1. The van der Waals surface area contributed by atoms with Gasteiger partial charge in [-0.2, -0.15) is 13.2 Å². The first kappa shape index (κ1) is 24.8. The Morgan fingerprint density at radius 1 is 1.26 bits per heavy atom. The van der Waals surface area contributed by atoms with E-state index in [1.165, 1.54) is 17.2 Å². The van der Waals surface area contributed by atoms with Crippen molar-refractivity contribution in [3.8, 4) is 11.5 Å². The molecule has 2 N–H and O–H groups in total. The first-order valence-corrected chi connectivity index (χ1v) is 10.1. The van der Waals surface area contributed by atoms with E-state index in [1.54, 1.807) is 24.5 Å². The van der Waals surface area contributed by atoms with Crippen LogP contribution in [0.2, 0.25) is 0 Å². The van der Waals surface area contributed by atoms with Crippen LogP contribution in [0.15, 0.2) is 36.8 Å². The molecule has 0 aromatic carbocycles. The van der Waals surface area contributed by atoms with Crippen LogP contribution in [0.1, 0.15) is 41.5 Å². The molecule has 3 aromatic rings. The van der Waals surface area contributed by atoms with Gasteiger partial charge in [-0.15, -0.1) is 10.2 Å². The first-order valence-electron chi connectivity index (χ1n) is 10.1. The number of hydrogen-bond donors (Lipinski definition) is 2. The predicted molar refractivity (Wildman–Crippen MR) is 115 cm³/mol. The number of rotatable bonds is 5. The maximum absolute atomic E-state index is 12.7. The highest BCUT2D eigenvalue weighted by Gasteiger charge is 2.33. The molecule has 0 saturated heterocycles. The second-order valence-corrected chi connectivity index (χ2v) is 7.72. The highest BCUT2D eigenvalue weighted by Crippen LogP contribution is 2.27. The number of fused-ring (bicyclic) bond motifs is 1. The zero-order valence-electron chi connectivity index (χ0n) is 18.3. The van der Waals surface area contributed by atoms with E-state index in [1.807, 2.05) is 18.4 Å². The van der Waals surface area contributed by atoms with Gasteiger partial charge in [0.25, 0.3) is 12.4 Å². The lowest BCUT2D eigenvalue weighted by Gasteiger charge is -2.16. The third-order valence-electron chi connectivity index (χ3n) is 4.86. The summed E-state index contributed by atoms with van der Waals surface area (Å²) < 4.78 is 39.8. The lowest BCUT2D eigenvalue weighted by atomic mass is 10.1. The fourth-order valence-corrected chi connectivity index (χ4v) is 3.46. The number of aromatic nitrogens is 5. The van der Waals surface area contributed by atoms with E-state index in [9.17, 15) is 18.0 Å². The van der Waals surface area contributed by atoms with Crippen LogP contribution < -0.4 is 5.32 Å². The monoisotopic (exact) mass is 477 g/mol. The summed E-state index contributed by atoms with van der Waals surface area (Å²) in [6, 6.07) is 6.80. The Kier molecular flexibility index (Phi) is 7.56. The van der Waals surface area contributed by atoms with Crippen LogP contribution in [-0.4, -0.2) is 59.8 Å². The van der Waals surface area contributed by atoms with Crippen molar-refractivity contribution in [1.82, 2.24) is 29.6 Å². The summed E-state index contributed by atoms with van der Waals surface area (Å²) in [6.45, 7) is 3.02. The number of carbonyl (C=O) groups excluding carboxylic acids is 1. The summed E-state index contributed by atoms with van der Waals surface area (Å²) in [5.41, 5.74) is 2.02. The van der Waals surface area contributed by atoms with Gasteiger partial charge in [0, 0.05) is 25.3 Å². The minimum Gasteiger partial charge on any atom is -0.483 e. The predicted octanol–water partition coefficient (Wildman–Crippen LogP) is 3.15. The van der Waals surface area contributed by atoms with Crippen LogP contribution in [-0.2, 0) is 17.9 Å². The Morgan fingerprint density at radius 3 is 2.65 bits per heavy atom. The van der Waals surface area contributed by atoms with Crippen molar-refractivity contribution in [1.29, 1.82) is 0 Å². The molecule has 34 heavy (non-hydrogen) atoms. The van der Waals surface area contributed by atoms with Crippen molar-refractivity contribution in [2.45, 2.75) is 39.2 Å². The standard InChI is InChI=1S/C20H20F3N7O.CH2O2/c1-12(2)30-11-25-28-18(30)15-4-3-5-17(26-15)27-19(31)16-6-13-8-29(10-20(21,22)23)9-14(13)7-24-16;2-1-3/h3-7,11-12H,8-10H2,1-2H3,(H,26,27,31);1H,(H,2,3). The van der Waals surface area contributed by atoms with Crippen LogP contribution in [0.3, 0.4) is 0 Å². The highest BCUT2D eigenvalue weighted by atomic mass is 19.4. The molecule has 13 heteroatoms. The molecule has 3 aromatic heterocycles. The minimum absolute atomic E-state index is 0.116. The van der Waals surface area contributed by atoms with Gasteiger partial charge < -0.3 is 15.0 Å². The molecule has 0 radical (unpaired) electrons. The summed E-state index contributed by atoms with van der Waals surface area (Å²) in [7, 11) is 0. The molecular formula is C21H22F3N7O3. The zero-order chi connectivity index (χ0) is 24.9. The molecule has 180 valence electrons. The third kappa shape index (κ3) is 6.13. The Labute approximate surface area is 192 Å². The second kappa shape index (κ2) is 10.4. The fraction of sp³-hybridized carbons (Fsp3) is 0.333. The van der Waals surface area contributed by atoms with E-state index in [2.05, 4.69) is 25.5 Å². The van der Waals surface area contributed by atoms with E-state index in [4.69, 9.17) is 9.90 Å². The van der Waals surface area contributed by atoms with Gasteiger partial charge in [-0.1, -0.05) is 6.07 Å². The average Bonchev–Trinajstić information content (AvgIpc) is 3.39. The molecule has 0 atom stereocenters. The van der Waals surface area contributed by atoms with Crippen molar-refractivity contribution >= 4 is 18.2 Å². The molecule has 1 amide bonds. The van der Waals surface area contributed by atoms with E-state index in [0.717, 1.165) is 0 Å². The van der Waals surface area contributed by atoms with Gasteiger partial charge >= 0.3 is 6.18 Å². The van der Waals surface area contributed by atoms with Crippen molar-refractivity contribution in [3.63, 3.8) is 0 Å². The summed E-state index contributed by atoms with van der Waals surface area (Å²) >= 11 is 0. The fourth-order valence-electron chi connectivity index (χ4n) is 3.46. The van der Waals surface area contributed by atoms with Crippen LogP contribution in [0, 0.1) is 0 Å². The SMILES string of the molecule is CC(C)n1cnnc1-c1cccc(NC(=O)c2cc3c(cn2)CN(CC(F)(F)F)C3)n1.O=CO. The number of pyridine rings is 2. The molecule has 1 aliphatic rings. The maximum Gasteiger partial charge on any atom is 0.401 e. The van der Waals surface area contributed by atoms with Crippen LogP contribution in [0.5, 0.6) is 0 Å². The van der Waals surface area contributed by atoms with Crippen LogP contribution in [0.25, 0.3) is 11.5 Å². The van der Waals surface area contributed by atoms with Gasteiger partial charge in [0.1, 0.15) is 23.5 Å². The topological polar surface area (TPSA) is 126 Å². The second-order valence-electron chi connectivity index (χ2n) is 7.72. The molecule has 1 aliphatic heterocycles. The molecule has 0 spiro atoms. The number of nitrogens with zero attached hydrogens (tertiary/aromatic N) is 6. The molecule has 0 fully saturated rings. The van der Waals surface area contributed by atoms with Gasteiger partial charge in [0.15, 0.2) is 5.82 Å². The number of alkyl halides is 3. The number of halogens is 3. The van der Waals surface area contributed by atoms with E-state index < -0.39 is 18.6 Å². The number of nitrogens with one attached hydrogen (secondary N) is 1. The molecular weight excluding hydrogens is 455 g/mol. The minimum atomic E-state index is -4.27. The number of hydrogen-bond acceptors (Lipinski definition) is 7. The lowest BCUT2D eigenvalue weighted by molar-refractivity contribution is -0.147. The quantitative estimate of drug-likeness (QED) is 0.537. The number of amides is 1. The average molecular weight is 477 g/mol. The third-order valence-corrected chi connectivity index (χ3v) is 4.86. The molecule has 0 aliphatic carbocycles. The highest BCUT2D eigenvalue weighted by molar-refractivity contribution is 6.02. The number of carboxylic acid groups (broad SMARTS) is 1. The maximum atomic E-state index is 12.7. The van der Waals surface area contributed by atoms with E-state index in [0.29, 0.717) is 28.5 Å². The molecule has 10 nitrogen and oxygen atoms in total. The molecule has 4 heterocycles. The van der Waals surface area contributed by atoms with E-state index in [-0.39, 0.29) is 31.3 Å². The van der Waals surface area contributed by atoms with E-state index >= 15 is 0 Å². The van der Waals surface area contributed by atoms with Crippen molar-refractivity contribution in [2.75, 3.05) is 11.9 Å². The zero-order valence-corrected chi connectivity index (χ0v) is 18.3. The van der Waals surface area contributed by atoms with Crippen LogP contribution >= 0.6 is 0 Å². The summed E-state index contributed by atoms with van der Waals surface area (Å²) in [4.78, 5) is 30.8. The summed E-state index contributed by atoms with van der Waals surface area (Å²) in [6.07, 6.45) is -1.20. The largest absolute Gasteiger partial charge is 0.483 e. The molecule has 0 unspecified atom stereocenters. The Hall–Kier alpha value is -3.87. The van der Waals surface area contributed by atoms with Crippen molar-refractivity contribution < 1.29 is 27.9 Å². The molecule has 0 saturated carbocycles. The van der Waals surface area contributed by atoms with Gasteiger partial charge in [-0.25, -0.2) is 4.98 Å². The Balaban J connectivity index is 0.00000103. The molecule has 4 rings (SSSR count). The van der Waals surface area contributed by atoms with Crippen molar-refractivity contribution in [2.24, 2.45) is 0 Å². The van der Waals surface area contributed by atoms with Gasteiger partial charge in [0.2, 0.25) is 0 Å². The smallest absolute Gasteiger partial charge is 0.401 e. The van der Waals surface area contributed by atoms with Gasteiger partial charge in [-0.3, -0.25) is 19.5 Å². The van der Waals surface area contributed by atoms with Gasteiger partial charge in [0.05, 0.1) is 6.54 Å². The molecule has 0 bridgehead atoms. The first-order chi connectivity index (χ1) is 16.1. The normalized spacial score (nSPS) is 13.2.